The van der Waals surface area contributed by atoms with E-state index in [-0.39, 0.29) is 36.9 Å². The summed E-state index contributed by atoms with van der Waals surface area (Å²) in [6.07, 6.45) is 0. The van der Waals surface area contributed by atoms with Gasteiger partial charge in [0.2, 0.25) is 17.7 Å². The van der Waals surface area contributed by atoms with Gasteiger partial charge < -0.3 is 21.7 Å². The minimum atomic E-state index is -0.642. The SMILES string of the molecule is CC(C)NC(=O)CNC(=O)CNC(=O)[C@@H](N)C(C)C. The number of amides is 3. The van der Waals surface area contributed by atoms with Gasteiger partial charge in [0, 0.05) is 6.04 Å². The summed E-state index contributed by atoms with van der Waals surface area (Å²) in [6.45, 7) is 7.00. The van der Waals surface area contributed by atoms with E-state index in [1.165, 1.54) is 0 Å². The molecule has 1 atom stereocenters. The number of nitrogens with two attached hydrogens (primary N) is 1. The van der Waals surface area contributed by atoms with Crippen molar-refractivity contribution in [2.75, 3.05) is 13.1 Å². The van der Waals surface area contributed by atoms with Crippen LogP contribution in [0.4, 0.5) is 0 Å². The lowest BCUT2D eigenvalue weighted by molar-refractivity contribution is -0.128. The summed E-state index contributed by atoms with van der Waals surface area (Å²) >= 11 is 0. The second kappa shape index (κ2) is 8.47. The highest BCUT2D eigenvalue weighted by Gasteiger charge is 2.17. The third-order valence-corrected chi connectivity index (χ3v) is 2.34. The summed E-state index contributed by atoms with van der Waals surface area (Å²) in [4.78, 5) is 34.1. The van der Waals surface area contributed by atoms with Crippen LogP contribution in [0.15, 0.2) is 0 Å². The number of carbonyl (C=O) groups excluding carboxylic acids is 3. The Kier molecular flexibility index (Phi) is 7.74. The lowest BCUT2D eigenvalue weighted by atomic mass is 10.1. The fourth-order valence-corrected chi connectivity index (χ4v) is 1.20. The average Bonchev–Trinajstić information content (AvgIpc) is 2.31. The van der Waals surface area contributed by atoms with Crippen molar-refractivity contribution in [3.05, 3.63) is 0 Å². The molecule has 3 amide bonds. The van der Waals surface area contributed by atoms with Crippen molar-refractivity contribution >= 4 is 17.7 Å². The van der Waals surface area contributed by atoms with Gasteiger partial charge in [-0.25, -0.2) is 0 Å². The molecule has 0 heterocycles. The Bertz CT molecular complexity index is 329. The van der Waals surface area contributed by atoms with E-state index in [1.54, 1.807) is 0 Å². The van der Waals surface area contributed by atoms with Crippen LogP contribution in [0.5, 0.6) is 0 Å². The van der Waals surface area contributed by atoms with E-state index in [4.69, 9.17) is 5.73 Å². The standard InChI is InChI=1S/C12H24N4O3/c1-7(2)11(13)12(19)15-5-9(17)14-6-10(18)16-8(3)4/h7-8,11H,5-6,13H2,1-4H3,(H,14,17)(H,15,19)(H,16,18)/t11-/m0/s1. The minimum Gasteiger partial charge on any atom is -0.352 e. The molecule has 0 aliphatic carbocycles. The lowest BCUT2D eigenvalue weighted by Crippen LogP contribution is -2.48. The molecule has 0 aliphatic rings. The van der Waals surface area contributed by atoms with E-state index < -0.39 is 11.9 Å². The van der Waals surface area contributed by atoms with Crippen molar-refractivity contribution in [1.29, 1.82) is 0 Å². The molecule has 0 aromatic heterocycles. The Labute approximate surface area is 113 Å². The molecule has 0 saturated carbocycles. The molecule has 7 heteroatoms. The number of nitrogens with one attached hydrogen (secondary N) is 3. The first-order valence-corrected chi connectivity index (χ1v) is 6.33. The molecule has 0 saturated heterocycles. The van der Waals surface area contributed by atoms with E-state index in [0.717, 1.165) is 0 Å². The smallest absolute Gasteiger partial charge is 0.239 e. The zero-order valence-electron chi connectivity index (χ0n) is 11.9. The van der Waals surface area contributed by atoms with Crippen molar-refractivity contribution < 1.29 is 14.4 Å². The molecule has 19 heavy (non-hydrogen) atoms. The largest absolute Gasteiger partial charge is 0.352 e. The van der Waals surface area contributed by atoms with E-state index in [2.05, 4.69) is 16.0 Å². The molecule has 0 bridgehead atoms. The Hall–Kier alpha value is -1.63. The summed E-state index contributed by atoms with van der Waals surface area (Å²) in [6, 6.07) is -0.620. The predicted octanol–water partition coefficient (Wildman–Crippen LogP) is -1.27. The summed E-state index contributed by atoms with van der Waals surface area (Å²) in [5.41, 5.74) is 5.62. The van der Waals surface area contributed by atoms with Gasteiger partial charge in [-0.05, 0) is 19.8 Å². The van der Waals surface area contributed by atoms with Crippen LogP contribution in [0, 0.1) is 5.92 Å². The highest BCUT2D eigenvalue weighted by Crippen LogP contribution is 1.97. The zero-order chi connectivity index (χ0) is 15.0. The molecule has 7 nitrogen and oxygen atoms in total. The monoisotopic (exact) mass is 272 g/mol. The van der Waals surface area contributed by atoms with Gasteiger partial charge in [-0.3, -0.25) is 14.4 Å². The van der Waals surface area contributed by atoms with Crippen molar-refractivity contribution in [3.63, 3.8) is 0 Å². The first-order chi connectivity index (χ1) is 8.73. The first kappa shape index (κ1) is 17.4. The molecule has 0 fully saturated rings. The Morgan fingerprint density at radius 3 is 1.95 bits per heavy atom. The predicted molar refractivity (Wildman–Crippen MR) is 72.1 cm³/mol. The molecule has 0 rings (SSSR count). The Morgan fingerprint density at radius 1 is 0.947 bits per heavy atom. The molecule has 5 N–H and O–H groups in total. The molecule has 0 aromatic rings. The molecule has 0 radical (unpaired) electrons. The minimum absolute atomic E-state index is 0.000110. The van der Waals surface area contributed by atoms with Gasteiger partial charge in [0.25, 0.3) is 0 Å². The van der Waals surface area contributed by atoms with Crippen LogP contribution in [0.3, 0.4) is 0 Å². The molecule has 0 aromatic carbocycles. The zero-order valence-corrected chi connectivity index (χ0v) is 11.9. The Balaban J connectivity index is 3.88. The molecule has 0 unspecified atom stereocenters. The van der Waals surface area contributed by atoms with Gasteiger partial charge in [-0.15, -0.1) is 0 Å². The topological polar surface area (TPSA) is 113 Å². The fourth-order valence-electron chi connectivity index (χ4n) is 1.20. The van der Waals surface area contributed by atoms with Crippen molar-refractivity contribution in [2.24, 2.45) is 11.7 Å². The second-order valence-electron chi connectivity index (χ2n) is 4.99. The van der Waals surface area contributed by atoms with Gasteiger partial charge in [-0.2, -0.15) is 0 Å². The molecule has 110 valence electrons. The van der Waals surface area contributed by atoms with E-state index in [1.807, 2.05) is 27.7 Å². The summed E-state index contributed by atoms with van der Waals surface area (Å²) in [7, 11) is 0. The third-order valence-electron chi connectivity index (χ3n) is 2.34. The highest BCUT2D eigenvalue weighted by atomic mass is 16.2. The average molecular weight is 272 g/mol. The van der Waals surface area contributed by atoms with Crippen LogP contribution in [0.25, 0.3) is 0 Å². The number of rotatable bonds is 7. The molecule has 0 aliphatic heterocycles. The van der Waals surface area contributed by atoms with Crippen molar-refractivity contribution in [3.8, 4) is 0 Å². The van der Waals surface area contributed by atoms with Crippen molar-refractivity contribution in [1.82, 2.24) is 16.0 Å². The number of carbonyl (C=O) groups is 3. The second-order valence-corrected chi connectivity index (χ2v) is 4.99. The van der Waals surface area contributed by atoms with Crippen LogP contribution < -0.4 is 21.7 Å². The van der Waals surface area contributed by atoms with Crippen LogP contribution in [-0.2, 0) is 14.4 Å². The normalized spacial score (nSPS) is 12.2. The van der Waals surface area contributed by atoms with Crippen LogP contribution in [0.1, 0.15) is 27.7 Å². The molecular weight excluding hydrogens is 248 g/mol. The number of hydrogen-bond donors (Lipinski definition) is 4. The highest BCUT2D eigenvalue weighted by molar-refractivity contribution is 5.89. The van der Waals surface area contributed by atoms with E-state index in [9.17, 15) is 14.4 Å². The van der Waals surface area contributed by atoms with Gasteiger partial charge >= 0.3 is 0 Å². The quantitative estimate of drug-likeness (QED) is 0.462. The van der Waals surface area contributed by atoms with Gasteiger partial charge in [0.1, 0.15) is 0 Å². The van der Waals surface area contributed by atoms with Gasteiger partial charge in [0.15, 0.2) is 0 Å². The van der Waals surface area contributed by atoms with Gasteiger partial charge in [-0.1, -0.05) is 13.8 Å². The van der Waals surface area contributed by atoms with Crippen molar-refractivity contribution in [2.45, 2.75) is 39.8 Å². The maximum atomic E-state index is 11.5. The summed E-state index contributed by atoms with van der Waals surface area (Å²) < 4.78 is 0. The van der Waals surface area contributed by atoms with Crippen LogP contribution in [-0.4, -0.2) is 42.9 Å². The first-order valence-electron chi connectivity index (χ1n) is 6.33. The molecular formula is C12H24N4O3. The lowest BCUT2D eigenvalue weighted by Gasteiger charge is -2.15. The summed E-state index contributed by atoms with van der Waals surface area (Å²) in [5, 5.41) is 7.46. The van der Waals surface area contributed by atoms with Crippen LogP contribution >= 0.6 is 0 Å². The maximum Gasteiger partial charge on any atom is 0.239 e. The third kappa shape index (κ3) is 8.15. The van der Waals surface area contributed by atoms with Gasteiger partial charge in [0.05, 0.1) is 19.1 Å². The van der Waals surface area contributed by atoms with E-state index in [0.29, 0.717) is 0 Å². The summed E-state index contributed by atoms with van der Waals surface area (Å²) in [5.74, 6) is -1.08. The van der Waals surface area contributed by atoms with E-state index >= 15 is 0 Å². The van der Waals surface area contributed by atoms with Crippen LogP contribution in [0.2, 0.25) is 0 Å². The number of hydrogen-bond acceptors (Lipinski definition) is 4. The molecule has 0 spiro atoms. The fraction of sp³-hybridized carbons (Fsp3) is 0.750. The Morgan fingerprint density at radius 2 is 1.47 bits per heavy atom. The maximum absolute atomic E-state index is 11.5.